The molecular weight excluding hydrogens is 433 g/mol. The largest absolute Gasteiger partial charge is 0.506 e. The standard InChI is InChI=1S/C19H17ClFN5O3S/c1-26-16(9-17(28)22-13-5-3-12(21)4-6-13)24-25-19(26)30-10-18(29)23-14-8-11(20)2-7-15(14)27/h2-8,27H,9-10H2,1H3,(H,22,28)(H,23,29). The van der Waals surface area contributed by atoms with Crippen LogP contribution in [0.1, 0.15) is 5.82 Å². The van der Waals surface area contributed by atoms with Crippen LogP contribution in [0.4, 0.5) is 15.8 Å². The number of amides is 2. The molecule has 11 heteroatoms. The van der Waals surface area contributed by atoms with E-state index in [0.717, 1.165) is 11.8 Å². The molecule has 156 valence electrons. The Hall–Kier alpha value is -3.11. The van der Waals surface area contributed by atoms with Gasteiger partial charge in [0, 0.05) is 17.8 Å². The van der Waals surface area contributed by atoms with Crippen molar-refractivity contribution < 1.29 is 19.1 Å². The molecule has 0 bridgehead atoms. The summed E-state index contributed by atoms with van der Waals surface area (Å²) < 4.78 is 14.5. The van der Waals surface area contributed by atoms with Crippen molar-refractivity contribution >= 4 is 46.6 Å². The molecule has 2 aromatic carbocycles. The SMILES string of the molecule is Cn1c(CC(=O)Nc2ccc(F)cc2)nnc1SCC(=O)Nc1cc(Cl)ccc1O. The first-order valence-corrected chi connectivity index (χ1v) is 10.0. The van der Waals surface area contributed by atoms with Crippen molar-refractivity contribution in [3.63, 3.8) is 0 Å². The average Bonchev–Trinajstić information content (AvgIpc) is 3.04. The Morgan fingerprint density at radius 2 is 1.87 bits per heavy atom. The van der Waals surface area contributed by atoms with Crippen LogP contribution in [0.3, 0.4) is 0 Å². The molecule has 0 aliphatic heterocycles. The van der Waals surface area contributed by atoms with Crippen LogP contribution in [0.15, 0.2) is 47.6 Å². The summed E-state index contributed by atoms with van der Waals surface area (Å²) in [5, 5.41) is 23.8. The van der Waals surface area contributed by atoms with Crippen molar-refractivity contribution in [3.05, 3.63) is 59.1 Å². The number of rotatable bonds is 7. The summed E-state index contributed by atoms with van der Waals surface area (Å²) in [4.78, 5) is 24.3. The normalized spacial score (nSPS) is 10.6. The molecule has 3 aromatic rings. The highest BCUT2D eigenvalue weighted by atomic mass is 35.5. The Morgan fingerprint density at radius 3 is 2.60 bits per heavy atom. The maximum Gasteiger partial charge on any atom is 0.234 e. The van der Waals surface area contributed by atoms with Crippen molar-refractivity contribution in [2.75, 3.05) is 16.4 Å². The summed E-state index contributed by atoms with van der Waals surface area (Å²) in [5.41, 5.74) is 0.684. The summed E-state index contributed by atoms with van der Waals surface area (Å²) in [6.07, 6.45) is -0.0377. The van der Waals surface area contributed by atoms with Crippen molar-refractivity contribution in [1.82, 2.24) is 14.8 Å². The topological polar surface area (TPSA) is 109 Å². The maximum absolute atomic E-state index is 12.9. The van der Waals surface area contributed by atoms with E-state index in [9.17, 15) is 19.1 Å². The van der Waals surface area contributed by atoms with Crippen molar-refractivity contribution in [3.8, 4) is 5.75 Å². The number of carbonyl (C=O) groups excluding carboxylic acids is 2. The molecule has 2 amide bonds. The van der Waals surface area contributed by atoms with E-state index in [1.807, 2.05) is 0 Å². The predicted octanol–water partition coefficient (Wildman–Crippen LogP) is 3.23. The van der Waals surface area contributed by atoms with Crippen LogP contribution in [0.2, 0.25) is 5.02 Å². The first-order valence-electron chi connectivity index (χ1n) is 8.66. The third-order valence-electron chi connectivity index (χ3n) is 3.94. The fourth-order valence-electron chi connectivity index (χ4n) is 2.43. The summed E-state index contributed by atoms with van der Waals surface area (Å²) in [5.74, 6) is -0.757. The zero-order valence-electron chi connectivity index (χ0n) is 15.7. The second-order valence-corrected chi connectivity index (χ2v) is 7.57. The zero-order chi connectivity index (χ0) is 21.7. The van der Waals surface area contributed by atoms with E-state index < -0.39 is 5.82 Å². The third-order valence-corrected chi connectivity index (χ3v) is 5.19. The van der Waals surface area contributed by atoms with Crippen LogP contribution in [0, 0.1) is 5.82 Å². The molecule has 0 radical (unpaired) electrons. The molecule has 0 saturated heterocycles. The molecule has 3 rings (SSSR count). The van der Waals surface area contributed by atoms with Crippen LogP contribution in [0.5, 0.6) is 5.75 Å². The number of nitrogens with zero attached hydrogens (tertiary/aromatic N) is 3. The minimum atomic E-state index is -0.391. The zero-order valence-corrected chi connectivity index (χ0v) is 17.3. The van der Waals surface area contributed by atoms with Gasteiger partial charge in [-0.2, -0.15) is 0 Å². The first-order chi connectivity index (χ1) is 14.3. The number of aromatic hydroxyl groups is 1. The number of hydrogen-bond donors (Lipinski definition) is 3. The van der Waals surface area contributed by atoms with E-state index in [4.69, 9.17) is 11.6 Å². The van der Waals surface area contributed by atoms with Gasteiger partial charge >= 0.3 is 0 Å². The molecule has 0 saturated carbocycles. The summed E-state index contributed by atoms with van der Waals surface area (Å²) in [6.45, 7) is 0. The van der Waals surface area contributed by atoms with Crippen molar-refractivity contribution in [1.29, 1.82) is 0 Å². The van der Waals surface area contributed by atoms with E-state index >= 15 is 0 Å². The smallest absolute Gasteiger partial charge is 0.234 e. The number of halogens is 2. The van der Waals surface area contributed by atoms with E-state index in [-0.39, 0.29) is 35.4 Å². The molecular formula is C19H17ClFN5O3S. The highest BCUT2D eigenvalue weighted by Gasteiger charge is 2.15. The molecule has 0 aliphatic rings. The van der Waals surface area contributed by atoms with E-state index in [2.05, 4.69) is 20.8 Å². The highest BCUT2D eigenvalue weighted by molar-refractivity contribution is 7.99. The van der Waals surface area contributed by atoms with Gasteiger partial charge in [-0.25, -0.2) is 4.39 Å². The van der Waals surface area contributed by atoms with Crippen LogP contribution in [0.25, 0.3) is 0 Å². The number of nitrogens with one attached hydrogen (secondary N) is 2. The monoisotopic (exact) mass is 449 g/mol. The van der Waals surface area contributed by atoms with Gasteiger partial charge in [-0.1, -0.05) is 23.4 Å². The lowest BCUT2D eigenvalue weighted by Crippen LogP contribution is -2.17. The van der Waals surface area contributed by atoms with Gasteiger partial charge in [0.15, 0.2) is 5.16 Å². The maximum atomic E-state index is 12.9. The van der Waals surface area contributed by atoms with Gasteiger partial charge in [0.25, 0.3) is 0 Å². The lowest BCUT2D eigenvalue weighted by molar-refractivity contribution is -0.116. The van der Waals surface area contributed by atoms with Gasteiger partial charge in [-0.3, -0.25) is 9.59 Å². The number of thioether (sulfide) groups is 1. The van der Waals surface area contributed by atoms with Crippen LogP contribution < -0.4 is 10.6 Å². The molecule has 1 aromatic heterocycles. The Morgan fingerprint density at radius 1 is 1.13 bits per heavy atom. The number of hydrogen-bond acceptors (Lipinski definition) is 6. The minimum Gasteiger partial charge on any atom is -0.506 e. The van der Waals surface area contributed by atoms with Crippen LogP contribution in [-0.2, 0) is 23.1 Å². The summed E-state index contributed by atoms with van der Waals surface area (Å²) in [7, 11) is 1.68. The molecule has 0 atom stereocenters. The number of phenols is 1. The van der Waals surface area contributed by atoms with E-state index in [1.165, 1.54) is 42.5 Å². The highest BCUT2D eigenvalue weighted by Crippen LogP contribution is 2.27. The summed E-state index contributed by atoms with van der Waals surface area (Å²) in [6, 6.07) is 9.76. The Labute approximate surface area is 180 Å². The number of carbonyl (C=O) groups is 2. The Kier molecular flexibility index (Phi) is 6.91. The van der Waals surface area contributed by atoms with Gasteiger partial charge < -0.3 is 20.3 Å². The molecule has 0 aliphatic carbocycles. The molecule has 1 heterocycles. The molecule has 0 spiro atoms. The minimum absolute atomic E-state index is 0.0136. The van der Waals surface area contributed by atoms with Crippen LogP contribution in [-0.4, -0.2) is 37.4 Å². The second kappa shape index (κ2) is 9.59. The lowest BCUT2D eigenvalue weighted by atomic mass is 10.3. The van der Waals surface area contributed by atoms with Crippen molar-refractivity contribution in [2.45, 2.75) is 11.6 Å². The molecule has 30 heavy (non-hydrogen) atoms. The Balaban J connectivity index is 1.54. The fraction of sp³-hybridized carbons (Fsp3) is 0.158. The fourth-order valence-corrected chi connectivity index (χ4v) is 3.33. The second-order valence-electron chi connectivity index (χ2n) is 6.19. The van der Waals surface area contributed by atoms with Gasteiger partial charge in [0.05, 0.1) is 17.9 Å². The molecule has 0 fully saturated rings. The van der Waals surface area contributed by atoms with Gasteiger partial charge in [0.1, 0.15) is 17.4 Å². The predicted molar refractivity (Wildman–Crippen MR) is 112 cm³/mol. The Bertz CT molecular complexity index is 1070. The van der Waals surface area contributed by atoms with Gasteiger partial charge in [-0.05, 0) is 42.5 Å². The third kappa shape index (κ3) is 5.71. The molecule has 8 nitrogen and oxygen atoms in total. The van der Waals surface area contributed by atoms with Crippen LogP contribution >= 0.6 is 23.4 Å². The number of anilines is 2. The first kappa shape index (κ1) is 21.6. The van der Waals surface area contributed by atoms with Gasteiger partial charge in [0.2, 0.25) is 11.8 Å². The summed E-state index contributed by atoms with van der Waals surface area (Å²) >= 11 is 6.98. The van der Waals surface area contributed by atoms with E-state index in [1.54, 1.807) is 11.6 Å². The number of benzene rings is 2. The van der Waals surface area contributed by atoms with E-state index in [0.29, 0.717) is 21.7 Å². The van der Waals surface area contributed by atoms with Crippen molar-refractivity contribution in [2.24, 2.45) is 7.05 Å². The quantitative estimate of drug-likeness (QED) is 0.377. The van der Waals surface area contributed by atoms with Gasteiger partial charge in [-0.15, -0.1) is 10.2 Å². The number of phenolic OH excluding ortho intramolecular Hbond substituents is 1. The molecule has 3 N–H and O–H groups in total. The average molecular weight is 450 g/mol. The molecule has 0 unspecified atom stereocenters. The number of aromatic nitrogens is 3. The lowest BCUT2D eigenvalue weighted by Gasteiger charge is -2.08.